The second-order valence-electron chi connectivity index (χ2n) is 3.47. The molecule has 6 heteroatoms. The molecule has 1 N–H and O–H groups in total. The van der Waals surface area contributed by atoms with Crippen LogP contribution in [0, 0.1) is 0 Å². The number of aromatic nitrogens is 1. The maximum Gasteiger partial charge on any atom is 0.357 e. The van der Waals surface area contributed by atoms with E-state index in [1.165, 1.54) is 18.4 Å². The van der Waals surface area contributed by atoms with Crippen molar-refractivity contribution in [3.8, 4) is 0 Å². The third kappa shape index (κ3) is 3.08. The molecule has 0 aliphatic heterocycles. The van der Waals surface area contributed by atoms with E-state index in [2.05, 4.69) is 31.0 Å². The highest BCUT2D eigenvalue weighted by Crippen LogP contribution is 2.20. The summed E-state index contributed by atoms with van der Waals surface area (Å²) in [6.45, 7) is 0.648. The summed E-state index contributed by atoms with van der Waals surface area (Å²) in [6, 6.07) is 7.94. The maximum absolute atomic E-state index is 11.2. The first-order chi connectivity index (χ1) is 8.70. The first-order valence-electron chi connectivity index (χ1n) is 5.22. The van der Waals surface area contributed by atoms with E-state index in [-0.39, 0.29) is 0 Å². The fraction of sp³-hybridized carbons (Fsp3) is 0.167. The highest BCUT2D eigenvalue weighted by atomic mass is 79.9. The van der Waals surface area contributed by atoms with Crippen molar-refractivity contribution in [2.24, 2.45) is 0 Å². The second-order valence-corrected chi connectivity index (χ2v) is 5.19. The fourth-order valence-corrected chi connectivity index (χ4v) is 2.47. The number of nitrogens with zero attached hydrogens (tertiary/aromatic N) is 1. The van der Waals surface area contributed by atoms with Gasteiger partial charge in [0.2, 0.25) is 0 Å². The summed E-state index contributed by atoms with van der Waals surface area (Å²) in [6.07, 6.45) is 0. The normalized spacial score (nSPS) is 10.1. The molecule has 0 saturated heterocycles. The van der Waals surface area contributed by atoms with Crippen LogP contribution in [0.1, 0.15) is 16.1 Å². The summed E-state index contributed by atoms with van der Waals surface area (Å²) in [5.74, 6) is -0.416. The number of halogens is 1. The van der Waals surface area contributed by atoms with Gasteiger partial charge in [-0.3, -0.25) is 0 Å². The lowest BCUT2D eigenvalue weighted by Gasteiger charge is -2.04. The van der Waals surface area contributed by atoms with Gasteiger partial charge in [0, 0.05) is 16.4 Å². The predicted octanol–water partition coefficient (Wildman–Crippen LogP) is 3.30. The van der Waals surface area contributed by atoms with Crippen LogP contribution < -0.4 is 5.32 Å². The Morgan fingerprint density at radius 3 is 3.00 bits per heavy atom. The van der Waals surface area contributed by atoms with E-state index in [0.717, 1.165) is 10.0 Å². The van der Waals surface area contributed by atoms with Gasteiger partial charge in [0.25, 0.3) is 0 Å². The molecule has 0 saturated carbocycles. The van der Waals surface area contributed by atoms with Crippen LogP contribution in [0.4, 0.5) is 5.13 Å². The summed E-state index contributed by atoms with van der Waals surface area (Å²) in [7, 11) is 1.34. The van der Waals surface area contributed by atoms with Gasteiger partial charge < -0.3 is 10.1 Å². The Balaban J connectivity index is 2.01. The molecule has 1 aromatic heterocycles. The summed E-state index contributed by atoms with van der Waals surface area (Å²) < 4.78 is 5.65. The van der Waals surface area contributed by atoms with Crippen molar-refractivity contribution in [1.82, 2.24) is 4.98 Å². The largest absolute Gasteiger partial charge is 0.464 e. The van der Waals surface area contributed by atoms with Crippen molar-refractivity contribution >= 4 is 38.4 Å². The standard InChI is InChI=1S/C12H11BrN2O2S/c1-17-11(16)10-7-18-12(15-10)14-6-8-4-2-3-5-9(8)13/h2-5,7H,6H2,1H3,(H,14,15). The van der Waals surface area contributed by atoms with Crippen LogP contribution in [0.2, 0.25) is 0 Å². The van der Waals surface area contributed by atoms with Crippen molar-refractivity contribution in [3.05, 3.63) is 45.4 Å². The molecule has 0 aliphatic rings. The van der Waals surface area contributed by atoms with Gasteiger partial charge in [0.05, 0.1) is 7.11 Å². The molecule has 0 fully saturated rings. The Morgan fingerprint density at radius 1 is 1.50 bits per heavy atom. The van der Waals surface area contributed by atoms with Crippen LogP contribution in [0.25, 0.3) is 0 Å². The molecular formula is C12H11BrN2O2S. The predicted molar refractivity (Wildman–Crippen MR) is 74.9 cm³/mol. The van der Waals surface area contributed by atoms with Crippen molar-refractivity contribution in [3.63, 3.8) is 0 Å². The van der Waals surface area contributed by atoms with Crippen molar-refractivity contribution in [1.29, 1.82) is 0 Å². The molecule has 0 spiro atoms. The number of carbonyl (C=O) groups excluding carboxylic acids is 1. The molecule has 0 aliphatic carbocycles. The number of thiazole rings is 1. The molecule has 4 nitrogen and oxygen atoms in total. The Morgan fingerprint density at radius 2 is 2.28 bits per heavy atom. The van der Waals surface area contributed by atoms with Gasteiger partial charge in [-0.05, 0) is 11.6 Å². The monoisotopic (exact) mass is 326 g/mol. The Kier molecular flexibility index (Phi) is 4.33. The molecule has 1 heterocycles. The summed E-state index contributed by atoms with van der Waals surface area (Å²) >= 11 is 4.86. The summed E-state index contributed by atoms with van der Waals surface area (Å²) in [5, 5.41) is 5.55. The third-order valence-electron chi connectivity index (χ3n) is 2.29. The van der Waals surface area contributed by atoms with Crippen molar-refractivity contribution < 1.29 is 9.53 Å². The highest BCUT2D eigenvalue weighted by Gasteiger charge is 2.10. The van der Waals surface area contributed by atoms with Crippen LogP contribution in [-0.4, -0.2) is 18.1 Å². The molecular weight excluding hydrogens is 316 g/mol. The van der Waals surface area contributed by atoms with Crippen LogP contribution in [-0.2, 0) is 11.3 Å². The number of hydrogen-bond donors (Lipinski definition) is 1. The minimum absolute atomic E-state index is 0.331. The fourth-order valence-electron chi connectivity index (χ4n) is 1.37. The second kappa shape index (κ2) is 5.97. The molecule has 0 bridgehead atoms. The molecule has 1 aromatic carbocycles. The molecule has 18 heavy (non-hydrogen) atoms. The van der Waals surface area contributed by atoms with Crippen LogP contribution in [0.5, 0.6) is 0 Å². The van der Waals surface area contributed by atoms with Gasteiger partial charge in [0.1, 0.15) is 0 Å². The molecule has 2 rings (SSSR count). The zero-order chi connectivity index (χ0) is 13.0. The topological polar surface area (TPSA) is 51.2 Å². The van der Waals surface area contributed by atoms with Crippen LogP contribution >= 0.6 is 27.3 Å². The third-order valence-corrected chi connectivity index (χ3v) is 3.86. The molecule has 0 radical (unpaired) electrons. The highest BCUT2D eigenvalue weighted by molar-refractivity contribution is 9.10. The Hall–Kier alpha value is -1.40. The van der Waals surface area contributed by atoms with E-state index < -0.39 is 5.97 Å². The van der Waals surface area contributed by atoms with Gasteiger partial charge in [-0.2, -0.15) is 0 Å². The number of hydrogen-bond acceptors (Lipinski definition) is 5. The lowest BCUT2D eigenvalue weighted by Crippen LogP contribution is -2.03. The van der Waals surface area contributed by atoms with Gasteiger partial charge in [-0.15, -0.1) is 11.3 Å². The first kappa shape index (κ1) is 13.0. The zero-order valence-corrected chi connectivity index (χ0v) is 12.0. The number of rotatable bonds is 4. The van der Waals surface area contributed by atoms with E-state index in [0.29, 0.717) is 17.4 Å². The minimum Gasteiger partial charge on any atom is -0.464 e. The van der Waals surface area contributed by atoms with Crippen molar-refractivity contribution in [2.45, 2.75) is 6.54 Å². The molecule has 0 atom stereocenters. The van der Waals surface area contributed by atoms with E-state index in [1.54, 1.807) is 5.38 Å². The first-order valence-corrected chi connectivity index (χ1v) is 6.89. The average molecular weight is 327 g/mol. The van der Waals surface area contributed by atoms with Crippen molar-refractivity contribution in [2.75, 3.05) is 12.4 Å². The lowest BCUT2D eigenvalue weighted by molar-refractivity contribution is 0.0595. The number of anilines is 1. The number of ether oxygens (including phenoxy) is 1. The van der Waals surface area contributed by atoms with E-state index >= 15 is 0 Å². The van der Waals surface area contributed by atoms with E-state index in [9.17, 15) is 4.79 Å². The van der Waals surface area contributed by atoms with E-state index in [4.69, 9.17) is 0 Å². The number of methoxy groups -OCH3 is 1. The van der Waals surface area contributed by atoms with Gasteiger partial charge in [-0.25, -0.2) is 9.78 Å². The number of carbonyl (C=O) groups is 1. The van der Waals surface area contributed by atoms with Gasteiger partial charge in [0.15, 0.2) is 10.8 Å². The average Bonchev–Trinajstić information content (AvgIpc) is 2.86. The van der Waals surface area contributed by atoms with Crippen LogP contribution in [0.3, 0.4) is 0 Å². The minimum atomic E-state index is -0.416. The molecule has 2 aromatic rings. The lowest BCUT2D eigenvalue weighted by atomic mass is 10.2. The number of benzene rings is 1. The number of esters is 1. The SMILES string of the molecule is COC(=O)c1csc(NCc2ccccc2Br)n1. The van der Waals surface area contributed by atoms with E-state index in [1.807, 2.05) is 24.3 Å². The van der Waals surface area contributed by atoms with Gasteiger partial charge in [-0.1, -0.05) is 34.1 Å². The number of nitrogens with one attached hydrogen (secondary N) is 1. The Bertz CT molecular complexity index is 557. The Labute approximate surface area is 117 Å². The quantitative estimate of drug-likeness (QED) is 0.876. The van der Waals surface area contributed by atoms with Crippen LogP contribution in [0.15, 0.2) is 34.1 Å². The summed E-state index contributed by atoms with van der Waals surface area (Å²) in [4.78, 5) is 15.4. The smallest absolute Gasteiger partial charge is 0.357 e. The maximum atomic E-state index is 11.2. The zero-order valence-electron chi connectivity index (χ0n) is 9.64. The molecule has 94 valence electrons. The molecule has 0 unspecified atom stereocenters. The van der Waals surface area contributed by atoms with Gasteiger partial charge >= 0.3 is 5.97 Å². The molecule has 0 amide bonds. The summed E-state index contributed by atoms with van der Waals surface area (Å²) in [5.41, 5.74) is 1.46.